The van der Waals surface area contributed by atoms with E-state index in [0.717, 1.165) is 10.6 Å². The summed E-state index contributed by atoms with van der Waals surface area (Å²) >= 11 is 1.66. The molecule has 0 fully saturated rings. The van der Waals surface area contributed by atoms with Gasteiger partial charge in [0.1, 0.15) is 5.78 Å². The number of carbonyl (C=O) groups is 2. The molecule has 1 aromatic carbocycles. The number of rotatable bonds is 4. The van der Waals surface area contributed by atoms with E-state index in [-0.39, 0.29) is 30.3 Å². The Bertz CT molecular complexity index is 516. The maximum absolute atomic E-state index is 12.7. The monoisotopic (exact) mass is 292 g/mol. The summed E-state index contributed by atoms with van der Waals surface area (Å²) in [5.41, 5.74) is 0.839. The van der Waals surface area contributed by atoms with Crippen molar-refractivity contribution < 1.29 is 9.59 Å². The van der Waals surface area contributed by atoms with Gasteiger partial charge in [-0.3, -0.25) is 9.59 Å². The quantitative estimate of drug-likeness (QED) is 0.923. The Hall–Kier alpha value is -1.33. The number of benzene rings is 1. The van der Waals surface area contributed by atoms with Crippen LogP contribution in [0.2, 0.25) is 0 Å². The summed E-state index contributed by atoms with van der Waals surface area (Å²) in [4.78, 5) is 26.8. The van der Waals surface area contributed by atoms with E-state index in [9.17, 15) is 9.59 Å². The van der Waals surface area contributed by atoms with Crippen LogP contribution in [0.15, 0.2) is 29.2 Å². The summed E-state index contributed by atoms with van der Waals surface area (Å²) in [5, 5.41) is 3.29. The fourth-order valence-corrected chi connectivity index (χ4v) is 3.35. The van der Waals surface area contributed by atoms with Crippen LogP contribution in [0.3, 0.4) is 0 Å². The highest BCUT2D eigenvalue weighted by Crippen LogP contribution is 2.34. The van der Waals surface area contributed by atoms with Gasteiger partial charge in [0, 0.05) is 16.7 Å². The number of carbonyl (C=O) groups excluding carboxylic acids is 2. The van der Waals surface area contributed by atoms with Crippen molar-refractivity contribution in [3.63, 3.8) is 0 Å². The number of Topliss-reactive ketones (excluding diaryl/α,β-unsaturated/α-hetero) is 1. The normalized spacial score (nSPS) is 18.9. The lowest BCUT2D eigenvalue weighted by molar-refractivity contribution is -0.123. The van der Waals surface area contributed by atoms with Gasteiger partial charge in [0.25, 0.3) is 0 Å². The van der Waals surface area contributed by atoms with E-state index in [0.29, 0.717) is 5.75 Å². The van der Waals surface area contributed by atoms with Gasteiger partial charge >= 0.3 is 0 Å². The van der Waals surface area contributed by atoms with E-state index >= 15 is 0 Å². The Morgan fingerprint density at radius 1 is 1.45 bits per heavy atom. The molecule has 1 aliphatic rings. The molecular formula is C15H20N2O2S. The van der Waals surface area contributed by atoms with Crippen LogP contribution < -0.4 is 10.2 Å². The number of anilines is 1. The highest BCUT2D eigenvalue weighted by Gasteiger charge is 2.31. The van der Waals surface area contributed by atoms with Gasteiger partial charge in [0.15, 0.2) is 0 Å². The number of hydrogen-bond donors (Lipinski definition) is 1. The standard InChI is InChI=1S/C15H20N2O2S/c1-10(2)16-12-9-20-14-7-5-4-6-13(14)17(15(12)19)8-11(3)18/h4-7,10,12,16H,8-9H2,1-3H3/t12-/m1/s1. The fourth-order valence-electron chi connectivity index (χ4n) is 2.26. The summed E-state index contributed by atoms with van der Waals surface area (Å²) < 4.78 is 0. The number of thioether (sulfide) groups is 1. The summed E-state index contributed by atoms with van der Waals surface area (Å²) in [6.45, 7) is 5.68. The maximum atomic E-state index is 12.7. The number of fused-ring (bicyclic) bond motifs is 1. The molecular weight excluding hydrogens is 272 g/mol. The molecule has 0 saturated carbocycles. The summed E-state index contributed by atoms with van der Waals surface area (Å²) in [6, 6.07) is 7.73. The zero-order chi connectivity index (χ0) is 14.7. The first-order valence-electron chi connectivity index (χ1n) is 6.77. The molecule has 1 N–H and O–H groups in total. The molecule has 4 nitrogen and oxygen atoms in total. The van der Waals surface area contributed by atoms with Crippen molar-refractivity contribution in [2.75, 3.05) is 17.2 Å². The van der Waals surface area contributed by atoms with Crippen LogP contribution in [0.5, 0.6) is 0 Å². The average molecular weight is 292 g/mol. The second kappa shape index (κ2) is 6.41. The average Bonchev–Trinajstić information content (AvgIpc) is 2.50. The number of nitrogens with one attached hydrogen (secondary N) is 1. The highest BCUT2D eigenvalue weighted by atomic mass is 32.2. The van der Waals surface area contributed by atoms with Crippen LogP contribution in [0.4, 0.5) is 5.69 Å². The molecule has 108 valence electrons. The zero-order valence-electron chi connectivity index (χ0n) is 12.1. The molecule has 1 amide bonds. The van der Waals surface area contributed by atoms with E-state index in [2.05, 4.69) is 5.32 Å². The van der Waals surface area contributed by atoms with Crippen molar-refractivity contribution in [3.05, 3.63) is 24.3 Å². The van der Waals surface area contributed by atoms with E-state index in [1.165, 1.54) is 6.92 Å². The third-order valence-corrected chi connectivity index (χ3v) is 4.20. The van der Waals surface area contributed by atoms with Crippen molar-refractivity contribution in [1.82, 2.24) is 5.32 Å². The van der Waals surface area contributed by atoms with Crippen LogP contribution in [0, 0.1) is 0 Å². The SMILES string of the molecule is CC(=O)CN1C(=O)[C@H](NC(C)C)CSc2ccccc21. The van der Waals surface area contributed by atoms with Gasteiger partial charge in [-0.15, -0.1) is 11.8 Å². The number of ketones is 1. The Labute approximate surface area is 123 Å². The predicted octanol–water partition coefficient (Wildman–Crippen LogP) is 2.08. The fraction of sp³-hybridized carbons (Fsp3) is 0.467. The highest BCUT2D eigenvalue weighted by molar-refractivity contribution is 7.99. The first-order chi connectivity index (χ1) is 9.49. The number of nitrogens with zero attached hydrogens (tertiary/aromatic N) is 1. The van der Waals surface area contributed by atoms with E-state index in [1.54, 1.807) is 16.7 Å². The van der Waals surface area contributed by atoms with Gasteiger partial charge in [-0.1, -0.05) is 26.0 Å². The van der Waals surface area contributed by atoms with Crippen LogP contribution in [-0.4, -0.2) is 36.1 Å². The molecule has 2 rings (SSSR count). The zero-order valence-corrected chi connectivity index (χ0v) is 12.9. The Morgan fingerprint density at radius 3 is 2.80 bits per heavy atom. The van der Waals surface area contributed by atoms with Crippen molar-refractivity contribution in [2.45, 2.75) is 37.8 Å². The molecule has 0 saturated heterocycles. The van der Waals surface area contributed by atoms with Crippen LogP contribution >= 0.6 is 11.8 Å². The molecule has 5 heteroatoms. The maximum Gasteiger partial charge on any atom is 0.245 e. The Balaban J connectivity index is 2.35. The number of amides is 1. The summed E-state index contributed by atoms with van der Waals surface area (Å²) in [5.74, 6) is 0.650. The van der Waals surface area contributed by atoms with Crippen LogP contribution in [0.25, 0.3) is 0 Å². The van der Waals surface area contributed by atoms with Crippen LogP contribution in [-0.2, 0) is 9.59 Å². The van der Waals surface area contributed by atoms with Gasteiger partial charge in [-0.05, 0) is 19.1 Å². The lowest BCUT2D eigenvalue weighted by Gasteiger charge is -2.25. The molecule has 0 bridgehead atoms. The van der Waals surface area contributed by atoms with Gasteiger partial charge in [0.2, 0.25) is 5.91 Å². The number of para-hydroxylation sites is 1. The first kappa shape index (κ1) is 15.1. The minimum absolute atomic E-state index is 0.0108. The number of hydrogen-bond acceptors (Lipinski definition) is 4. The topological polar surface area (TPSA) is 49.4 Å². The van der Waals surface area contributed by atoms with Crippen LogP contribution in [0.1, 0.15) is 20.8 Å². The Kier molecular flexibility index (Phi) is 4.83. The molecule has 1 aromatic rings. The van der Waals surface area contributed by atoms with Crippen molar-refractivity contribution in [2.24, 2.45) is 0 Å². The molecule has 0 aromatic heterocycles. The van der Waals surface area contributed by atoms with Gasteiger partial charge < -0.3 is 10.2 Å². The summed E-state index contributed by atoms with van der Waals surface area (Å²) in [7, 11) is 0. The third-order valence-electron chi connectivity index (χ3n) is 3.04. The molecule has 0 aliphatic carbocycles. The van der Waals surface area contributed by atoms with Gasteiger partial charge in [-0.2, -0.15) is 0 Å². The minimum atomic E-state index is -0.258. The van der Waals surface area contributed by atoms with E-state index < -0.39 is 0 Å². The summed E-state index contributed by atoms with van der Waals surface area (Å²) in [6.07, 6.45) is 0. The van der Waals surface area contributed by atoms with Crippen molar-refractivity contribution >= 4 is 29.1 Å². The second-order valence-electron chi connectivity index (χ2n) is 5.28. The molecule has 1 heterocycles. The van der Waals surface area contributed by atoms with Gasteiger partial charge in [0.05, 0.1) is 18.3 Å². The first-order valence-corrected chi connectivity index (χ1v) is 7.76. The lowest BCUT2D eigenvalue weighted by Crippen LogP contribution is -2.50. The molecule has 1 aliphatic heterocycles. The molecule has 0 unspecified atom stereocenters. The second-order valence-corrected chi connectivity index (χ2v) is 6.34. The predicted molar refractivity (Wildman–Crippen MR) is 82.3 cm³/mol. The Morgan fingerprint density at radius 2 is 2.15 bits per heavy atom. The van der Waals surface area contributed by atoms with Gasteiger partial charge in [-0.25, -0.2) is 0 Å². The molecule has 0 radical (unpaired) electrons. The van der Waals surface area contributed by atoms with E-state index in [4.69, 9.17) is 0 Å². The molecule has 1 atom stereocenters. The third kappa shape index (κ3) is 3.41. The molecule has 0 spiro atoms. The lowest BCUT2D eigenvalue weighted by atomic mass is 10.2. The van der Waals surface area contributed by atoms with Crippen molar-refractivity contribution in [1.29, 1.82) is 0 Å². The largest absolute Gasteiger partial charge is 0.303 e. The molecule has 20 heavy (non-hydrogen) atoms. The van der Waals surface area contributed by atoms with Crippen molar-refractivity contribution in [3.8, 4) is 0 Å². The van der Waals surface area contributed by atoms with E-state index in [1.807, 2.05) is 38.1 Å². The minimum Gasteiger partial charge on any atom is -0.303 e. The smallest absolute Gasteiger partial charge is 0.245 e.